The van der Waals surface area contributed by atoms with Crippen LogP contribution >= 0.6 is 15.9 Å². The van der Waals surface area contributed by atoms with E-state index in [0.717, 1.165) is 0 Å². The van der Waals surface area contributed by atoms with Gasteiger partial charge in [-0.05, 0) is 47.5 Å². The number of carbonyl (C=O) groups excluding carboxylic acids is 1. The number of nitrogens with zero attached hydrogens (tertiary/aromatic N) is 1. The Kier molecular flexibility index (Phi) is 5.58. The lowest BCUT2D eigenvalue weighted by Crippen LogP contribution is -2.32. The van der Waals surface area contributed by atoms with Crippen molar-refractivity contribution in [3.8, 4) is 0 Å². The van der Waals surface area contributed by atoms with E-state index >= 15 is 0 Å². The molecule has 3 nitrogen and oxygen atoms in total. The zero-order valence-corrected chi connectivity index (χ0v) is 11.2. The van der Waals surface area contributed by atoms with Crippen LogP contribution in [0.3, 0.4) is 0 Å². The van der Waals surface area contributed by atoms with Crippen LogP contribution < -0.4 is 0 Å². The standard InChI is InChI=1S/C12H15BrFNO2/c1-2-15(6-3-7-16)12(17)9-4-5-11(14)10(13)8-9/h4-5,8,16H,2-3,6-7H2,1H3. The maximum atomic E-state index is 13.0. The van der Waals surface area contributed by atoms with Crippen molar-refractivity contribution in [3.63, 3.8) is 0 Å². The highest BCUT2D eigenvalue weighted by Crippen LogP contribution is 2.18. The van der Waals surface area contributed by atoms with Crippen molar-refractivity contribution in [2.75, 3.05) is 19.7 Å². The molecule has 0 aromatic heterocycles. The molecule has 1 aromatic carbocycles. The van der Waals surface area contributed by atoms with Gasteiger partial charge in [0.05, 0.1) is 4.47 Å². The summed E-state index contributed by atoms with van der Waals surface area (Å²) < 4.78 is 13.3. The SMILES string of the molecule is CCN(CCCO)C(=O)c1ccc(F)c(Br)c1. The summed E-state index contributed by atoms with van der Waals surface area (Å²) in [5, 5.41) is 8.75. The molecule has 0 fully saturated rings. The van der Waals surface area contributed by atoms with Gasteiger partial charge in [-0.15, -0.1) is 0 Å². The van der Waals surface area contributed by atoms with Crippen molar-refractivity contribution in [2.45, 2.75) is 13.3 Å². The Bertz CT molecular complexity index is 398. The average Bonchev–Trinajstić information content (AvgIpc) is 2.33. The molecule has 1 amide bonds. The number of hydrogen-bond acceptors (Lipinski definition) is 2. The van der Waals surface area contributed by atoms with E-state index in [1.165, 1.54) is 18.2 Å². The fourth-order valence-electron chi connectivity index (χ4n) is 1.48. The third kappa shape index (κ3) is 3.78. The fourth-order valence-corrected chi connectivity index (χ4v) is 1.86. The Morgan fingerprint density at radius 2 is 2.24 bits per heavy atom. The van der Waals surface area contributed by atoms with Crippen LogP contribution in [0.25, 0.3) is 0 Å². The molecule has 1 aromatic rings. The highest BCUT2D eigenvalue weighted by Gasteiger charge is 2.14. The van der Waals surface area contributed by atoms with E-state index in [9.17, 15) is 9.18 Å². The molecule has 0 aliphatic carbocycles. The van der Waals surface area contributed by atoms with E-state index in [-0.39, 0.29) is 22.8 Å². The Morgan fingerprint density at radius 1 is 1.53 bits per heavy atom. The van der Waals surface area contributed by atoms with Crippen LogP contribution in [0.4, 0.5) is 4.39 Å². The molecule has 0 radical (unpaired) electrons. The van der Waals surface area contributed by atoms with E-state index in [0.29, 0.717) is 25.1 Å². The number of halogens is 2. The van der Waals surface area contributed by atoms with Gasteiger partial charge in [0.1, 0.15) is 5.82 Å². The first kappa shape index (κ1) is 14.1. The zero-order chi connectivity index (χ0) is 12.8. The average molecular weight is 304 g/mol. The normalized spacial score (nSPS) is 10.4. The van der Waals surface area contributed by atoms with E-state index in [4.69, 9.17) is 5.11 Å². The molecule has 1 rings (SSSR count). The van der Waals surface area contributed by atoms with Crippen molar-refractivity contribution in [3.05, 3.63) is 34.1 Å². The lowest BCUT2D eigenvalue weighted by molar-refractivity contribution is 0.0754. The monoisotopic (exact) mass is 303 g/mol. The predicted octanol–water partition coefficient (Wildman–Crippen LogP) is 2.43. The highest BCUT2D eigenvalue weighted by atomic mass is 79.9. The maximum Gasteiger partial charge on any atom is 0.253 e. The van der Waals surface area contributed by atoms with Crippen LogP contribution in [-0.4, -0.2) is 35.6 Å². The van der Waals surface area contributed by atoms with Gasteiger partial charge in [-0.3, -0.25) is 4.79 Å². The number of amides is 1. The van der Waals surface area contributed by atoms with E-state index in [1.54, 1.807) is 4.90 Å². The van der Waals surface area contributed by atoms with Crippen molar-refractivity contribution in [2.24, 2.45) is 0 Å². The smallest absolute Gasteiger partial charge is 0.253 e. The van der Waals surface area contributed by atoms with Gasteiger partial charge < -0.3 is 10.0 Å². The summed E-state index contributed by atoms with van der Waals surface area (Å²) in [5.74, 6) is -0.540. The molecule has 0 aliphatic rings. The van der Waals surface area contributed by atoms with Crippen LogP contribution in [0.2, 0.25) is 0 Å². The maximum absolute atomic E-state index is 13.0. The van der Waals surface area contributed by atoms with Gasteiger partial charge in [0.2, 0.25) is 0 Å². The number of aliphatic hydroxyl groups excluding tert-OH is 1. The highest BCUT2D eigenvalue weighted by molar-refractivity contribution is 9.10. The largest absolute Gasteiger partial charge is 0.396 e. The zero-order valence-electron chi connectivity index (χ0n) is 9.62. The summed E-state index contributed by atoms with van der Waals surface area (Å²) >= 11 is 3.05. The third-order valence-electron chi connectivity index (χ3n) is 2.42. The molecular formula is C12H15BrFNO2. The Labute approximate surface area is 108 Å². The second kappa shape index (κ2) is 6.71. The van der Waals surface area contributed by atoms with Crippen molar-refractivity contribution in [1.82, 2.24) is 4.90 Å². The molecular weight excluding hydrogens is 289 g/mol. The first-order valence-electron chi connectivity index (χ1n) is 5.45. The number of rotatable bonds is 5. The minimum absolute atomic E-state index is 0.0525. The summed E-state index contributed by atoms with van der Waals surface area (Å²) in [6.45, 7) is 2.99. The second-order valence-electron chi connectivity index (χ2n) is 3.59. The Morgan fingerprint density at radius 3 is 2.76 bits per heavy atom. The van der Waals surface area contributed by atoms with Crippen LogP contribution in [0.5, 0.6) is 0 Å². The number of hydrogen-bond donors (Lipinski definition) is 1. The van der Waals surface area contributed by atoms with Crippen LogP contribution in [-0.2, 0) is 0 Å². The van der Waals surface area contributed by atoms with Gasteiger partial charge in [-0.25, -0.2) is 4.39 Å². The topological polar surface area (TPSA) is 40.5 Å². The first-order chi connectivity index (χ1) is 8.10. The molecule has 0 saturated carbocycles. The van der Waals surface area contributed by atoms with Crippen molar-refractivity contribution >= 4 is 21.8 Å². The third-order valence-corrected chi connectivity index (χ3v) is 3.03. The molecule has 0 spiro atoms. The molecule has 0 unspecified atom stereocenters. The van der Waals surface area contributed by atoms with E-state index in [2.05, 4.69) is 15.9 Å². The number of carbonyl (C=O) groups is 1. The first-order valence-corrected chi connectivity index (χ1v) is 6.24. The summed E-state index contributed by atoms with van der Waals surface area (Å²) in [4.78, 5) is 13.7. The van der Waals surface area contributed by atoms with Crippen LogP contribution in [0.15, 0.2) is 22.7 Å². The Hall–Kier alpha value is -0.940. The second-order valence-corrected chi connectivity index (χ2v) is 4.45. The van der Waals surface area contributed by atoms with Crippen LogP contribution in [0, 0.1) is 5.82 Å². The minimum Gasteiger partial charge on any atom is -0.396 e. The summed E-state index contributed by atoms with van der Waals surface area (Å²) in [7, 11) is 0. The Balaban J connectivity index is 2.82. The molecule has 0 heterocycles. The molecule has 0 bridgehead atoms. The summed E-state index contributed by atoms with van der Waals surface area (Å²) in [6, 6.07) is 4.19. The summed E-state index contributed by atoms with van der Waals surface area (Å²) in [5.41, 5.74) is 0.443. The van der Waals surface area contributed by atoms with Crippen molar-refractivity contribution in [1.29, 1.82) is 0 Å². The molecule has 94 valence electrons. The lowest BCUT2D eigenvalue weighted by Gasteiger charge is -2.20. The lowest BCUT2D eigenvalue weighted by atomic mass is 10.2. The van der Waals surface area contributed by atoms with Crippen molar-refractivity contribution < 1.29 is 14.3 Å². The molecule has 17 heavy (non-hydrogen) atoms. The number of benzene rings is 1. The molecule has 0 saturated heterocycles. The van der Waals surface area contributed by atoms with Gasteiger partial charge in [0.25, 0.3) is 5.91 Å². The molecule has 1 N–H and O–H groups in total. The van der Waals surface area contributed by atoms with Crippen LogP contribution in [0.1, 0.15) is 23.7 Å². The fraction of sp³-hybridized carbons (Fsp3) is 0.417. The van der Waals surface area contributed by atoms with Gasteiger partial charge >= 0.3 is 0 Å². The predicted molar refractivity (Wildman–Crippen MR) is 67.4 cm³/mol. The number of aliphatic hydroxyl groups is 1. The van der Waals surface area contributed by atoms with Gasteiger partial charge in [0.15, 0.2) is 0 Å². The quantitative estimate of drug-likeness (QED) is 0.907. The van der Waals surface area contributed by atoms with Gasteiger partial charge in [0, 0.05) is 25.3 Å². The van der Waals surface area contributed by atoms with Gasteiger partial charge in [-0.2, -0.15) is 0 Å². The molecule has 0 aliphatic heterocycles. The van der Waals surface area contributed by atoms with E-state index < -0.39 is 0 Å². The minimum atomic E-state index is -0.389. The van der Waals surface area contributed by atoms with E-state index in [1.807, 2.05) is 6.92 Å². The summed E-state index contributed by atoms with van der Waals surface area (Å²) in [6.07, 6.45) is 0.544. The van der Waals surface area contributed by atoms with Gasteiger partial charge in [-0.1, -0.05) is 0 Å². The molecule has 0 atom stereocenters. The molecule has 5 heteroatoms.